The number of carbonyl (C=O) groups excluding carboxylic acids is 1. The molecule has 5 nitrogen and oxygen atoms in total. The minimum absolute atomic E-state index is 0.123. The van der Waals surface area contributed by atoms with Gasteiger partial charge in [-0.05, 0) is 49.5 Å². The summed E-state index contributed by atoms with van der Waals surface area (Å²) in [6.45, 7) is 9.43. The third-order valence-electron chi connectivity index (χ3n) is 9.01. The van der Waals surface area contributed by atoms with Crippen molar-refractivity contribution in [3.63, 3.8) is 0 Å². The van der Waals surface area contributed by atoms with Gasteiger partial charge in [-0.3, -0.25) is 4.79 Å². The van der Waals surface area contributed by atoms with Crippen LogP contribution in [0.3, 0.4) is 0 Å². The maximum absolute atomic E-state index is 12.2. The number of aliphatic hydroxyl groups is 1. The van der Waals surface area contributed by atoms with Crippen molar-refractivity contribution >= 4 is 5.91 Å². The Bertz CT molecular complexity index is 878. The topological polar surface area (TPSA) is 78.8 Å². The molecule has 2 saturated carbocycles. The number of nitrogens with one attached hydrogen (secondary N) is 1. The molecule has 2 aliphatic carbocycles. The molecular weight excluding hydrogens is 354 g/mol. The second kappa shape index (κ2) is 5.44. The Balaban J connectivity index is 1.73. The summed E-state index contributed by atoms with van der Waals surface area (Å²) in [6, 6.07) is 1.61. The van der Waals surface area contributed by atoms with E-state index in [1.807, 2.05) is 0 Å². The SMILES string of the molecule is CC1CCC2C(C)(C)C(O)CCC23Oc2c(c(O)cc4c2CNC4=O)CC13C. The Labute approximate surface area is 166 Å². The van der Waals surface area contributed by atoms with Crippen molar-refractivity contribution in [1.82, 2.24) is 5.32 Å². The molecule has 0 aromatic heterocycles. The predicted molar refractivity (Wildman–Crippen MR) is 105 cm³/mol. The van der Waals surface area contributed by atoms with Crippen LogP contribution in [-0.2, 0) is 13.0 Å². The van der Waals surface area contributed by atoms with Crippen LogP contribution >= 0.6 is 0 Å². The lowest BCUT2D eigenvalue weighted by Crippen LogP contribution is -2.70. The molecule has 3 N–H and O–H groups in total. The van der Waals surface area contributed by atoms with Gasteiger partial charge in [0.15, 0.2) is 0 Å². The van der Waals surface area contributed by atoms with Gasteiger partial charge < -0.3 is 20.3 Å². The van der Waals surface area contributed by atoms with Crippen LogP contribution in [0.5, 0.6) is 11.5 Å². The molecule has 1 spiro atoms. The second-order valence-electron chi connectivity index (χ2n) is 10.4. The Kier molecular flexibility index (Phi) is 3.55. The largest absolute Gasteiger partial charge is 0.508 e. The van der Waals surface area contributed by atoms with Crippen LogP contribution in [0.1, 0.15) is 74.9 Å². The molecule has 0 bridgehead atoms. The number of amides is 1. The van der Waals surface area contributed by atoms with Crippen molar-refractivity contribution in [2.75, 3.05) is 0 Å². The molecule has 5 unspecified atom stereocenters. The molecule has 0 radical (unpaired) electrons. The number of benzene rings is 1. The molecule has 2 fully saturated rings. The van der Waals surface area contributed by atoms with Gasteiger partial charge >= 0.3 is 0 Å². The number of phenols is 1. The zero-order valence-electron chi connectivity index (χ0n) is 17.3. The zero-order chi connectivity index (χ0) is 20.1. The number of carbonyl (C=O) groups is 1. The normalized spacial score (nSPS) is 40.5. The number of phenolic OH excluding ortho intramolecular Hbond substituents is 1. The van der Waals surface area contributed by atoms with Crippen molar-refractivity contribution in [2.24, 2.45) is 22.7 Å². The molecule has 5 atom stereocenters. The van der Waals surface area contributed by atoms with E-state index in [-0.39, 0.29) is 40.1 Å². The number of aliphatic hydroxyl groups excluding tert-OH is 1. The van der Waals surface area contributed by atoms with Crippen molar-refractivity contribution < 1.29 is 19.7 Å². The summed E-state index contributed by atoms with van der Waals surface area (Å²) in [7, 11) is 0. The fourth-order valence-corrected chi connectivity index (χ4v) is 6.95. The van der Waals surface area contributed by atoms with E-state index in [0.717, 1.165) is 49.0 Å². The van der Waals surface area contributed by atoms with E-state index in [9.17, 15) is 15.0 Å². The summed E-state index contributed by atoms with van der Waals surface area (Å²) in [6.07, 6.45) is 4.09. The van der Waals surface area contributed by atoms with Crippen LogP contribution in [0, 0.1) is 22.7 Å². The molecule has 0 saturated heterocycles. The molecule has 28 heavy (non-hydrogen) atoms. The Morgan fingerprint density at radius 2 is 1.93 bits per heavy atom. The molecule has 1 amide bonds. The number of ether oxygens (including phenoxy) is 1. The van der Waals surface area contributed by atoms with Gasteiger partial charge in [-0.2, -0.15) is 0 Å². The van der Waals surface area contributed by atoms with Gasteiger partial charge in [-0.25, -0.2) is 0 Å². The molecule has 5 heteroatoms. The third kappa shape index (κ3) is 1.99. The van der Waals surface area contributed by atoms with Crippen LogP contribution in [0.25, 0.3) is 0 Å². The Morgan fingerprint density at radius 1 is 1.18 bits per heavy atom. The predicted octanol–water partition coefficient (Wildman–Crippen LogP) is 3.54. The van der Waals surface area contributed by atoms with Crippen molar-refractivity contribution in [3.05, 3.63) is 22.8 Å². The van der Waals surface area contributed by atoms with Gasteiger partial charge in [0.25, 0.3) is 5.91 Å². The van der Waals surface area contributed by atoms with E-state index in [1.165, 1.54) is 0 Å². The number of hydrogen-bond donors (Lipinski definition) is 3. The van der Waals surface area contributed by atoms with Crippen LogP contribution in [0.4, 0.5) is 0 Å². The Morgan fingerprint density at radius 3 is 2.68 bits per heavy atom. The first-order valence-electron chi connectivity index (χ1n) is 10.6. The summed E-state index contributed by atoms with van der Waals surface area (Å²) >= 11 is 0. The van der Waals surface area contributed by atoms with Gasteiger partial charge in [0.1, 0.15) is 17.1 Å². The highest BCUT2D eigenvalue weighted by Gasteiger charge is 2.67. The maximum Gasteiger partial charge on any atom is 0.252 e. The average molecular weight is 386 g/mol. The smallest absolute Gasteiger partial charge is 0.252 e. The lowest BCUT2D eigenvalue weighted by atomic mass is 9.43. The van der Waals surface area contributed by atoms with E-state index in [4.69, 9.17) is 4.74 Å². The maximum atomic E-state index is 12.2. The van der Waals surface area contributed by atoms with E-state index >= 15 is 0 Å². The van der Waals surface area contributed by atoms with Crippen LogP contribution in [0.2, 0.25) is 0 Å². The standard InChI is InChI=1S/C23H31NO4/c1-12-5-6-17-21(2,3)18(26)7-8-23(17)22(12,4)10-14-16(25)9-13-15(19(14)28-23)11-24-20(13)27/h9,12,17-18,25-26H,5-8,10-11H2,1-4H3,(H,24,27). The minimum atomic E-state index is -0.381. The number of rotatable bonds is 0. The summed E-state index contributed by atoms with van der Waals surface area (Å²) < 4.78 is 6.99. The molecular formula is C23H31NO4. The fourth-order valence-electron chi connectivity index (χ4n) is 6.95. The van der Waals surface area contributed by atoms with E-state index in [0.29, 0.717) is 18.0 Å². The molecule has 152 valence electrons. The van der Waals surface area contributed by atoms with E-state index < -0.39 is 0 Å². The fraction of sp³-hybridized carbons (Fsp3) is 0.696. The molecule has 2 aliphatic heterocycles. The summed E-state index contributed by atoms with van der Waals surface area (Å²) in [5.41, 5.74) is 1.53. The molecule has 1 aromatic carbocycles. The number of aromatic hydroxyl groups is 1. The number of fused-ring (bicyclic) bond motifs is 3. The lowest BCUT2D eigenvalue weighted by Gasteiger charge is -2.67. The van der Waals surface area contributed by atoms with Gasteiger partial charge in [0.2, 0.25) is 0 Å². The van der Waals surface area contributed by atoms with Gasteiger partial charge in [0, 0.05) is 29.0 Å². The number of hydrogen-bond acceptors (Lipinski definition) is 4. The monoisotopic (exact) mass is 385 g/mol. The third-order valence-corrected chi connectivity index (χ3v) is 9.01. The summed E-state index contributed by atoms with van der Waals surface area (Å²) in [5.74, 6) is 1.44. The average Bonchev–Trinajstić information content (AvgIpc) is 3.00. The molecule has 4 aliphatic rings. The minimum Gasteiger partial charge on any atom is -0.508 e. The van der Waals surface area contributed by atoms with Gasteiger partial charge in [-0.15, -0.1) is 0 Å². The highest BCUT2D eigenvalue weighted by atomic mass is 16.5. The van der Waals surface area contributed by atoms with E-state index in [1.54, 1.807) is 6.07 Å². The van der Waals surface area contributed by atoms with Gasteiger partial charge in [-0.1, -0.05) is 27.7 Å². The van der Waals surface area contributed by atoms with E-state index in [2.05, 4.69) is 33.0 Å². The van der Waals surface area contributed by atoms with Crippen molar-refractivity contribution in [3.8, 4) is 11.5 Å². The Hall–Kier alpha value is -1.75. The quantitative estimate of drug-likeness (QED) is 0.638. The zero-order valence-corrected chi connectivity index (χ0v) is 17.3. The molecule has 2 heterocycles. The second-order valence-corrected chi connectivity index (χ2v) is 10.4. The first-order valence-corrected chi connectivity index (χ1v) is 10.6. The highest BCUT2D eigenvalue weighted by Crippen LogP contribution is 2.66. The summed E-state index contributed by atoms with van der Waals surface area (Å²) in [4.78, 5) is 12.2. The van der Waals surface area contributed by atoms with Crippen LogP contribution in [-0.4, -0.2) is 27.8 Å². The van der Waals surface area contributed by atoms with Crippen LogP contribution in [0.15, 0.2) is 6.07 Å². The van der Waals surface area contributed by atoms with Gasteiger partial charge in [0.05, 0.1) is 11.7 Å². The van der Waals surface area contributed by atoms with Crippen LogP contribution < -0.4 is 10.1 Å². The van der Waals surface area contributed by atoms with Crippen molar-refractivity contribution in [2.45, 2.75) is 78.0 Å². The molecule has 5 rings (SSSR count). The molecule has 1 aromatic rings. The lowest BCUT2D eigenvalue weighted by molar-refractivity contribution is -0.233. The van der Waals surface area contributed by atoms with Crippen molar-refractivity contribution in [1.29, 1.82) is 0 Å². The first kappa shape index (κ1) is 18.3. The first-order chi connectivity index (χ1) is 13.1. The summed E-state index contributed by atoms with van der Waals surface area (Å²) in [5, 5.41) is 24.4. The highest BCUT2D eigenvalue weighted by molar-refractivity contribution is 6.00.